The molecule has 1 saturated carbocycles. The van der Waals surface area contributed by atoms with Gasteiger partial charge in [0.2, 0.25) is 0 Å². The van der Waals surface area contributed by atoms with Crippen LogP contribution in [0.1, 0.15) is 39.5 Å². The molecular weight excluding hydrogens is 122 g/mol. The molecule has 0 aromatic rings. The number of hydrogen-bond acceptors (Lipinski definition) is 1. The molecule has 0 aromatic carbocycles. The van der Waals surface area contributed by atoms with Crippen molar-refractivity contribution in [3.63, 3.8) is 0 Å². The second-order valence-corrected chi connectivity index (χ2v) is 3.93. The van der Waals surface area contributed by atoms with Crippen molar-refractivity contribution in [1.29, 1.82) is 0 Å². The molecule has 1 nitrogen and oxygen atoms in total. The maximum absolute atomic E-state index is 5.86. The van der Waals surface area contributed by atoms with E-state index in [-0.39, 0.29) is 0 Å². The smallest absolute Gasteiger partial charge is 0.00415 e. The molecule has 2 atom stereocenters. The summed E-state index contributed by atoms with van der Waals surface area (Å²) < 4.78 is 0. The van der Waals surface area contributed by atoms with Crippen molar-refractivity contribution in [2.24, 2.45) is 17.6 Å². The largest absolute Gasteiger partial charge is 0.328 e. The summed E-state index contributed by atoms with van der Waals surface area (Å²) in [5.74, 6) is 1.75. The first-order chi connectivity index (χ1) is 4.70. The minimum absolute atomic E-state index is 0.501. The van der Waals surface area contributed by atoms with Gasteiger partial charge in [-0.05, 0) is 24.7 Å². The summed E-state index contributed by atoms with van der Waals surface area (Å²) in [5, 5.41) is 0. The molecule has 60 valence electrons. The van der Waals surface area contributed by atoms with Crippen molar-refractivity contribution >= 4 is 0 Å². The summed E-state index contributed by atoms with van der Waals surface area (Å²) in [6, 6.07) is 0.501. The Labute approximate surface area is 64.0 Å². The Morgan fingerprint density at radius 2 is 2.00 bits per heavy atom. The Bertz CT molecular complexity index is 98.9. The minimum Gasteiger partial charge on any atom is -0.328 e. The first-order valence-corrected chi connectivity index (χ1v) is 4.45. The van der Waals surface area contributed by atoms with Gasteiger partial charge in [-0.25, -0.2) is 0 Å². The van der Waals surface area contributed by atoms with E-state index in [1.165, 1.54) is 25.7 Å². The van der Waals surface area contributed by atoms with Gasteiger partial charge in [0.15, 0.2) is 0 Å². The van der Waals surface area contributed by atoms with E-state index in [0.717, 1.165) is 11.8 Å². The SMILES string of the molecule is CC(C)[C@@H]1CCCC(N)C1. The van der Waals surface area contributed by atoms with Crippen LogP contribution in [-0.4, -0.2) is 6.04 Å². The third-order valence-corrected chi connectivity index (χ3v) is 2.70. The molecular formula is C9H19N. The lowest BCUT2D eigenvalue weighted by molar-refractivity contribution is 0.255. The quantitative estimate of drug-likeness (QED) is 0.595. The van der Waals surface area contributed by atoms with Crippen molar-refractivity contribution in [2.45, 2.75) is 45.6 Å². The van der Waals surface area contributed by atoms with E-state index in [0.29, 0.717) is 6.04 Å². The maximum Gasteiger partial charge on any atom is 0.00415 e. The zero-order chi connectivity index (χ0) is 7.56. The molecule has 0 amide bonds. The normalized spacial score (nSPS) is 34.8. The van der Waals surface area contributed by atoms with E-state index in [1.54, 1.807) is 0 Å². The van der Waals surface area contributed by atoms with E-state index in [2.05, 4.69) is 13.8 Å². The number of rotatable bonds is 1. The molecule has 0 saturated heterocycles. The molecule has 1 aliphatic carbocycles. The van der Waals surface area contributed by atoms with Gasteiger partial charge >= 0.3 is 0 Å². The molecule has 0 heterocycles. The van der Waals surface area contributed by atoms with Crippen LogP contribution < -0.4 is 5.73 Å². The number of nitrogens with two attached hydrogens (primary N) is 1. The standard InChI is InChI=1S/C9H19N/c1-7(2)8-4-3-5-9(10)6-8/h7-9H,3-6,10H2,1-2H3/t8-,9?/m1/s1. The van der Waals surface area contributed by atoms with E-state index >= 15 is 0 Å². The van der Waals surface area contributed by atoms with E-state index in [1.807, 2.05) is 0 Å². The Morgan fingerprint density at radius 3 is 2.40 bits per heavy atom. The van der Waals surface area contributed by atoms with Crippen LogP contribution in [0.2, 0.25) is 0 Å². The molecule has 0 aromatic heterocycles. The van der Waals surface area contributed by atoms with Crippen LogP contribution in [0, 0.1) is 11.8 Å². The lowest BCUT2D eigenvalue weighted by Crippen LogP contribution is -2.29. The lowest BCUT2D eigenvalue weighted by atomic mass is 9.80. The number of hydrogen-bond donors (Lipinski definition) is 1. The molecule has 2 N–H and O–H groups in total. The van der Waals surface area contributed by atoms with Gasteiger partial charge < -0.3 is 5.73 Å². The molecule has 1 fully saturated rings. The molecule has 0 bridgehead atoms. The molecule has 1 unspecified atom stereocenters. The van der Waals surface area contributed by atoms with E-state index in [4.69, 9.17) is 5.73 Å². The highest BCUT2D eigenvalue weighted by Crippen LogP contribution is 2.28. The second-order valence-electron chi connectivity index (χ2n) is 3.93. The zero-order valence-electron chi connectivity index (χ0n) is 7.14. The van der Waals surface area contributed by atoms with Crippen LogP contribution in [0.5, 0.6) is 0 Å². The summed E-state index contributed by atoms with van der Waals surface area (Å²) in [5.41, 5.74) is 5.86. The van der Waals surface area contributed by atoms with Crippen LogP contribution in [0.4, 0.5) is 0 Å². The lowest BCUT2D eigenvalue weighted by Gasteiger charge is -2.29. The highest BCUT2D eigenvalue weighted by molar-refractivity contribution is 4.76. The van der Waals surface area contributed by atoms with Gasteiger partial charge in [-0.1, -0.05) is 26.7 Å². The molecule has 1 heteroatoms. The summed E-state index contributed by atoms with van der Waals surface area (Å²) in [7, 11) is 0. The Morgan fingerprint density at radius 1 is 1.30 bits per heavy atom. The fourth-order valence-electron chi connectivity index (χ4n) is 1.87. The van der Waals surface area contributed by atoms with Crippen molar-refractivity contribution in [2.75, 3.05) is 0 Å². The van der Waals surface area contributed by atoms with Gasteiger partial charge in [-0.15, -0.1) is 0 Å². The van der Waals surface area contributed by atoms with Crippen molar-refractivity contribution in [1.82, 2.24) is 0 Å². The Balaban J connectivity index is 2.32. The predicted octanol–water partition coefficient (Wildman–Crippen LogP) is 2.16. The van der Waals surface area contributed by atoms with E-state index < -0.39 is 0 Å². The van der Waals surface area contributed by atoms with Crippen molar-refractivity contribution in [3.05, 3.63) is 0 Å². The highest BCUT2D eigenvalue weighted by atomic mass is 14.6. The van der Waals surface area contributed by atoms with Gasteiger partial charge in [0, 0.05) is 6.04 Å². The van der Waals surface area contributed by atoms with Gasteiger partial charge in [-0.2, -0.15) is 0 Å². The monoisotopic (exact) mass is 141 g/mol. The first kappa shape index (κ1) is 8.06. The molecule has 10 heavy (non-hydrogen) atoms. The summed E-state index contributed by atoms with van der Waals surface area (Å²) in [4.78, 5) is 0. The fourth-order valence-corrected chi connectivity index (χ4v) is 1.87. The third kappa shape index (κ3) is 1.98. The maximum atomic E-state index is 5.86. The Hall–Kier alpha value is -0.0400. The molecule has 1 aliphatic rings. The van der Waals surface area contributed by atoms with Crippen LogP contribution >= 0.6 is 0 Å². The topological polar surface area (TPSA) is 26.0 Å². The fraction of sp³-hybridized carbons (Fsp3) is 1.00. The summed E-state index contributed by atoms with van der Waals surface area (Å²) in [6.45, 7) is 4.62. The molecule has 1 rings (SSSR count). The third-order valence-electron chi connectivity index (χ3n) is 2.70. The molecule has 0 radical (unpaired) electrons. The average molecular weight is 141 g/mol. The van der Waals surface area contributed by atoms with Crippen LogP contribution in [0.3, 0.4) is 0 Å². The van der Waals surface area contributed by atoms with Gasteiger partial charge in [0.1, 0.15) is 0 Å². The van der Waals surface area contributed by atoms with Gasteiger partial charge in [0.25, 0.3) is 0 Å². The zero-order valence-corrected chi connectivity index (χ0v) is 7.14. The molecule has 0 spiro atoms. The molecule has 0 aliphatic heterocycles. The van der Waals surface area contributed by atoms with Crippen LogP contribution in [0.15, 0.2) is 0 Å². The predicted molar refractivity (Wildman–Crippen MR) is 44.8 cm³/mol. The van der Waals surface area contributed by atoms with Gasteiger partial charge in [-0.3, -0.25) is 0 Å². The van der Waals surface area contributed by atoms with Crippen molar-refractivity contribution < 1.29 is 0 Å². The summed E-state index contributed by atoms with van der Waals surface area (Å²) in [6.07, 6.45) is 5.27. The first-order valence-electron chi connectivity index (χ1n) is 4.45. The van der Waals surface area contributed by atoms with Crippen LogP contribution in [0.25, 0.3) is 0 Å². The minimum atomic E-state index is 0.501. The van der Waals surface area contributed by atoms with Gasteiger partial charge in [0.05, 0.1) is 0 Å². The van der Waals surface area contributed by atoms with E-state index in [9.17, 15) is 0 Å². The van der Waals surface area contributed by atoms with Crippen molar-refractivity contribution in [3.8, 4) is 0 Å². The average Bonchev–Trinajstić information content (AvgIpc) is 1.88. The van der Waals surface area contributed by atoms with Crippen LogP contribution in [-0.2, 0) is 0 Å². The summed E-state index contributed by atoms with van der Waals surface area (Å²) >= 11 is 0. The Kier molecular flexibility index (Phi) is 2.72. The second kappa shape index (κ2) is 3.38. The highest BCUT2D eigenvalue weighted by Gasteiger charge is 2.21.